The van der Waals surface area contributed by atoms with Crippen LogP contribution in [0.1, 0.15) is 38.3 Å². The van der Waals surface area contributed by atoms with E-state index in [1.165, 1.54) is 0 Å². The fourth-order valence-corrected chi connectivity index (χ4v) is 5.76. The topological polar surface area (TPSA) is 74.8 Å². The number of nitrogens with zero attached hydrogens (tertiary/aromatic N) is 2. The van der Waals surface area contributed by atoms with E-state index in [-0.39, 0.29) is 41.8 Å². The second-order valence-electron chi connectivity index (χ2n) is 7.21. The van der Waals surface area contributed by atoms with Gasteiger partial charge in [-0.15, -0.1) is 0 Å². The molecule has 2 fully saturated rings. The van der Waals surface area contributed by atoms with Gasteiger partial charge in [-0.2, -0.15) is 0 Å². The molecule has 2 amide bonds. The van der Waals surface area contributed by atoms with Crippen LogP contribution in [-0.2, 0) is 19.4 Å². The molecule has 142 valence electrons. The minimum atomic E-state index is -3.05. The largest absolute Gasteiger partial charge is 0.339 e. The van der Waals surface area contributed by atoms with E-state index in [9.17, 15) is 18.0 Å². The Kier molecular flexibility index (Phi) is 5.37. The molecule has 2 heterocycles. The van der Waals surface area contributed by atoms with Gasteiger partial charge in [0.15, 0.2) is 9.84 Å². The van der Waals surface area contributed by atoms with E-state index in [1.54, 1.807) is 9.80 Å². The smallest absolute Gasteiger partial charge is 0.228 e. The van der Waals surface area contributed by atoms with Crippen LogP contribution in [0.2, 0.25) is 0 Å². The number of hydrogen-bond donors (Lipinski definition) is 0. The summed E-state index contributed by atoms with van der Waals surface area (Å²) in [6.45, 7) is 4.70. The van der Waals surface area contributed by atoms with Crippen LogP contribution in [0.15, 0.2) is 30.3 Å². The second-order valence-corrected chi connectivity index (χ2v) is 9.44. The minimum absolute atomic E-state index is 0.0187. The summed E-state index contributed by atoms with van der Waals surface area (Å²) in [7, 11) is -3.05. The van der Waals surface area contributed by atoms with E-state index in [1.807, 2.05) is 44.2 Å². The summed E-state index contributed by atoms with van der Waals surface area (Å²) in [5.74, 6) is -0.322. The summed E-state index contributed by atoms with van der Waals surface area (Å²) in [5.41, 5.74) is 1.04. The lowest BCUT2D eigenvalue weighted by atomic mass is 10.0. The Morgan fingerprint density at radius 3 is 2.58 bits per heavy atom. The summed E-state index contributed by atoms with van der Waals surface area (Å²) < 4.78 is 23.5. The third kappa shape index (κ3) is 3.77. The highest BCUT2D eigenvalue weighted by Gasteiger charge is 2.41. The number of sulfone groups is 1. The van der Waals surface area contributed by atoms with Crippen molar-refractivity contribution in [2.45, 2.75) is 38.8 Å². The Hall–Kier alpha value is -1.89. The molecular formula is C19H26N2O4S. The molecule has 0 aromatic heterocycles. The molecule has 26 heavy (non-hydrogen) atoms. The lowest BCUT2D eigenvalue weighted by Gasteiger charge is -2.30. The van der Waals surface area contributed by atoms with E-state index in [2.05, 4.69) is 0 Å². The van der Waals surface area contributed by atoms with Crippen molar-refractivity contribution in [3.63, 3.8) is 0 Å². The summed E-state index contributed by atoms with van der Waals surface area (Å²) in [6, 6.07) is 9.44. The van der Waals surface area contributed by atoms with Gasteiger partial charge in [0.25, 0.3) is 0 Å². The molecule has 1 aromatic rings. The van der Waals surface area contributed by atoms with Crippen molar-refractivity contribution in [2.24, 2.45) is 5.92 Å². The molecule has 0 spiro atoms. The molecule has 7 heteroatoms. The van der Waals surface area contributed by atoms with Crippen LogP contribution in [-0.4, -0.2) is 60.7 Å². The average Bonchev–Trinajstić information content (AvgIpc) is 3.18. The zero-order valence-electron chi connectivity index (χ0n) is 15.3. The summed E-state index contributed by atoms with van der Waals surface area (Å²) in [4.78, 5) is 28.9. The Morgan fingerprint density at radius 1 is 1.31 bits per heavy atom. The van der Waals surface area contributed by atoms with Crippen molar-refractivity contribution in [3.8, 4) is 0 Å². The Balaban J connectivity index is 1.70. The maximum absolute atomic E-state index is 13.0. The Morgan fingerprint density at radius 2 is 2.00 bits per heavy atom. The van der Waals surface area contributed by atoms with Gasteiger partial charge < -0.3 is 9.80 Å². The molecule has 0 aliphatic carbocycles. The first-order valence-electron chi connectivity index (χ1n) is 9.17. The predicted molar refractivity (Wildman–Crippen MR) is 99.1 cm³/mol. The second kappa shape index (κ2) is 7.39. The number of likely N-dealkylation sites (tertiary alicyclic amines) is 1. The number of rotatable bonds is 5. The van der Waals surface area contributed by atoms with Crippen LogP contribution >= 0.6 is 0 Å². The standard InChI is InChI=1S/C19H26N2O4S/c1-3-20(17-9-10-26(24,25)13-17)19(23)16-11-18(22)21(12-16)14(2)15-7-5-4-6-8-15/h4-8,14,16-17H,3,9-13H2,1-2H3. The summed E-state index contributed by atoms with van der Waals surface area (Å²) in [5, 5.41) is 0. The highest BCUT2D eigenvalue weighted by molar-refractivity contribution is 7.91. The average molecular weight is 378 g/mol. The molecule has 0 bridgehead atoms. The van der Waals surface area contributed by atoms with E-state index >= 15 is 0 Å². The quantitative estimate of drug-likeness (QED) is 0.781. The molecule has 6 nitrogen and oxygen atoms in total. The monoisotopic (exact) mass is 378 g/mol. The first-order valence-corrected chi connectivity index (χ1v) is 11.0. The van der Waals surface area contributed by atoms with E-state index in [0.717, 1.165) is 5.56 Å². The number of hydrogen-bond acceptors (Lipinski definition) is 4. The van der Waals surface area contributed by atoms with E-state index in [4.69, 9.17) is 0 Å². The maximum Gasteiger partial charge on any atom is 0.228 e. The van der Waals surface area contributed by atoms with Gasteiger partial charge in [0.2, 0.25) is 11.8 Å². The minimum Gasteiger partial charge on any atom is -0.339 e. The molecule has 2 aliphatic heterocycles. The van der Waals surface area contributed by atoms with Crippen molar-refractivity contribution in [1.82, 2.24) is 9.80 Å². The summed E-state index contributed by atoms with van der Waals surface area (Å²) in [6.07, 6.45) is 0.693. The molecule has 3 atom stereocenters. The van der Waals surface area contributed by atoms with Crippen LogP contribution in [0, 0.1) is 5.92 Å². The zero-order valence-corrected chi connectivity index (χ0v) is 16.1. The van der Waals surface area contributed by atoms with Gasteiger partial charge in [0.05, 0.1) is 23.5 Å². The Labute approximate surface area is 155 Å². The number of carbonyl (C=O) groups is 2. The van der Waals surface area contributed by atoms with Gasteiger partial charge in [-0.1, -0.05) is 30.3 Å². The molecule has 0 N–H and O–H groups in total. The van der Waals surface area contributed by atoms with E-state index in [0.29, 0.717) is 19.5 Å². The normalized spacial score (nSPS) is 26.1. The number of carbonyl (C=O) groups excluding carboxylic acids is 2. The molecule has 0 saturated carbocycles. The van der Waals surface area contributed by atoms with Crippen molar-refractivity contribution in [2.75, 3.05) is 24.6 Å². The fourth-order valence-electron chi connectivity index (χ4n) is 4.03. The molecule has 0 radical (unpaired) electrons. The SMILES string of the molecule is CCN(C(=O)C1CC(=O)N(C(C)c2ccccc2)C1)C1CCS(=O)(=O)C1. The highest BCUT2D eigenvalue weighted by Crippen LogP contribution is 2.30. The predicted octanol–water partition coefficient (Wildman–Crippen LogP) is 1.63. The van der Waals surface area contributed by atoms with Crippen LogP contribution in [0.5, 0.6) is 0 Å². The number of amides is 2. The lowest BCUT2D eigenvalue weighted by Crippen LogP contribution is -2.44. The van der Waals surface area contributed by atoms with Gasteiger partial charge in [0.1, 0.15) is 0 Å². The van der Waals surface area contributed by atoms with Gasteiger partial charge in [-0.3, -0.25) is 9.59 Å². The third-order valence-electron chi connectivity index (χ3n) is 5.53. The van der Waals surface area contributed by atoms with Crippen LogP contribution in [0.25, 0.3) is 0 Å². The molecule has 1 aromatic carbocycles. The summed E-state index contributed by atoms with van der Waals surface area (Å²) >= 11 is 0. The highest BCUT2D eigenvalue weighted by atomic mass is 32.2. The zero-order chi connectivity index (χ0) is 18.9. The Bertz CT molecular complexity index is 778. The maximum atomic E-state index is 13.0. The van der Waals surface area contributed by atoms with E-state index < -0.39 is 15.8 Å². The van der Waals surface area contributed by atoms with Crippen LogP contribution in [0.4, 0.5) is 0 Å². The van der Waals surface area contributed by atoms with Crippen molar-refractivity contribution >= 4 is 21.7 Å². The number of benzene rings is 1. The van der Waals surface area contributed by atoms with Crippen LogP contribution < -0.4 is 0 Å². The molecular weight excluding hydrogens is 352 g/mol. The van der Waals surface area contributed by atoms with Gasteiger partial charge >= 0.3 is 0 Å². The molecule has 3 unspecified atom stereocenters. The van der Waals surface area contributed by atoms with Crippen molar-refractivity contribution < 1.29 is 18.0 Å². The van der Waals surface area contributed by atoms with Gasteiger partial charge in [-0.25, -0.2) is 8.42 Å². The molecule has 2 saturated heterocycles. The first-order chi connectivity index (χ1) is 12.3. The molecule has 3 rings (SSSR count). The van der Waals surface area contributed by atoms with Gasteiger partial charge in [-0.05, 0) is 25.8 Å². The van der Waals surface area contributed by atoms with Crippen molar-refractivity contribution in [3.05, 3.63) is 35.9 Å². The first kappa shape index (κ1) is 18.9. The fraction of sp³-hybridized carbons (Fsp3) is 0.579. The van der Waals surface area contributed by atoms with Gasteiger partial charge in [0, 0.05) is 25.6 Å². The molecule has 2 aliphatic rings. The third-order valence-corrected chi connectivity index (χ3v) is 7.28. The van der Waals surface area contributed by atoms with Crippen LogP contribution in [0.3, 0.4) is 0 Å². The lowest BCUT2D eigenvalue weighted by molar-refractivity contribution is -0.137. The van der Waals surface area contributed by atoms with Crippen molar-refractivity contribution in [1.29, 1.82) is 0 Å².